The summed E-state index contributed by atoms with van der Waals surface area (Å²) in [4.78, 5) is 27.4. The molecule has 35 heavy (non-hydrogen) atoms. The van der Waals surface area contributed by atoms with E-state index in [1.807, 2.05) is 30.3 Å². The molecule has 1 unspecified atom stereocenters. The van der Waals surface area contributed by atoms with E-state index in [0.29, 0.717) is 23.3 Å². The number of nitrogens with zero attached hydrogens (tertiary/aromatic N) is 2. The lowest BCUT2D eigenvalue weighted by atomic mass is 10.1. The van der Waals surface area contributed by atoms with Crippen LogP contribution in [0.4, 0.5) is 18.9 Å². The smallest absolute Gasteiger partial charge is 0.355 e. The number of nitrogens with one attached hydrogen (secondary N) is 1. The fourth-order valence-electron chi connectivity index (χ4n) is 3.64. The first kappa shape index (κ1) is 28.2. The van der Waals surface area contributed by atoms with E-state index in [0.717, 1.165) is 24.0 Å². The van der Waals surface area contributed by atoms with E-state index in [2.05, 4.69) is 5.32 Å². The van der Waals surface area contributed by atoms with Gasteiger partial charge in [0.25, 0.3) is 0 Å². The monoisotopic (exact) mass is 513 g/mol. The minimum absolute atomic E-state index is 0.124. The van der Waals surface area contributed by atoms with Gasteiger partial charge in [-0.15, -0.1) is 0 Å². The second-order valence-electron chi connectivity index (χ2n) is 7.96. The Bertz CT molecular complexity index is 1110. The molecule has 2 rings (SSSR count). The maximum absolute atomic E-state index is 13.4. The third-order valence-corrected chi connectivity index (χ3v) is 6.50. The maximum Gasteiger partial charge on any atom is 0.416 e. The standard InChI is InChI=1S/C24H30F3N3O4S/c1-4-21(23(32)28-5-2)29(15-14-18-10-7-6-8-11-18)22(31)17-30(35(3,33)34)20-13-9-12-19(16-20)24(25,26)27/h6-13,16,21H,4-5,14-15,17H2,1-3H3,(H,28,32). The van der Waals surface area contributed by atoms with Crippen LogP contribution in [0.25, 0.3) is 0 Å². The quantitative estimate of drug-likeness (QED) is 0.499. The molecule has 1 N–H and O–H groups in total. The number of anilines is 1. The highest BCUT2D eigenvalue weighted by Crippen LogP contribution is 2.32. The number of benzene rings is 2. The van der Waals surface area contributed by atoms with Gasteiger partial charge in [0, 0.05) is 13.1 Å². The Balaban J connectivity index is 2.40. The number of carbonyl (C=O) groups excluding carboxylic acids is 2. The highest BCUT2D eigenvalue weighted by Gasteiger charge is 2.34. The maximum atomic E-state index is 13.4. The largest absolute Gasteiger partial charge is 0.416 e. The summed E-state index contributed by atoms with van der Waals surface area (Å²) in [5.74, 6) is -1.08. The van der Waals surface area contributed by atoms with Crippen LogP contribution < -0.4 is 9.62 Å². The zero-order valence-electron chi connectivity index (χ0n) is 19.9. The average molecular weight is 514 g/mol. The molecule has 1 atom stereocenters. The molecule has 2 aromatic rings. The molecule has 0 radical (unpaired) electrons. The van der Waals surface area contributed by atoms with Crippen molar-refractivity contribution in [3.8, 4) is 0 Å². The Labute approximate surface area is 204 Å². The van der Waals surface area contributed by atoms with Crippen LogP contribution in [0.1, 0.15) is 31.4 Å². The number of hydrogen-bond acceptors (Lipinski definition) is 4. The fraction of sp³-hybridized carbons (Fsp3) is 0.417. The second kappa shape index (κ2) is 12.1. The van der Waals surface area contributed by atoms with E-state index < -0.39 is 40.3 Å². The molecular weight excluding hydrogens is 483 g/mol. The average Bonchev–Trinajstić information content (AvgIpc) is 2.79. The van der Waals surface area contributed by atoms with E-state index >= 15 is 0 Å². The van der Waals surface area contributed by atoms with Gasteiger partial charge in [-0.1, -0.05) is 43.3 Å². The summed E-state index contributed by atoms with van der Waals surface area (Å²) in [6, 6.07) is 12.1. The molecule has 0 aliphatic carbocycles. The minimum atomic E-state index is -4.68. The van der Waals surface area contributed by atoms with Crippen LogP contribution in [-0.4, -0.2) is 57.1 Å². The summed E-state index contributed by atoms with van der Waals surface area (Å²) in [6.45, 7) is 3.18. The summed E-state index contributed by atoms with van der Waals surface area (Å²) in [5.41, 5.74) is -0.413. The third-order valence-electron chi connectivity index (χ3n) is 5.36. The van der Waals surface area contributed by atoms with Gasteiger partial charge in [-0.3, -0.25) is 13.9 Å². The summed E-state index contributed by atoms with van der Waals surface area (Å²) >= 11 is 0. The summed E-state index contributed by atoms with van der Waals surface area (Å²) in [5, 5.41) is 2.68. The molecule has 0 saturated carbocycles. The lowest BCUT2D eigenvalue weighted by Gasteiger charge is -2.32. The van der Waals surface area contributed by atoms with Crippen molar-refractivity contribution < 1.29 is 31.2 Å². The van der Waals surface area contributed by atoms with Gasteiger partial charge in [-0.25, -0.2) is 8.42 Å². The lowest BCUT2D eigenvalue weighted by molar-refractivity contribution is -0.139. The van der Waals surface area contributed by atoms with Gasteiger partial charge >= 0.3 is 6.18 Å². The van der Waals surface area contributed by atoms with Crippen molar-refractivity contribution in [2.75, 3.05) is 30.2 Å². The van der Waals surface area contributed by atoms with Gasteiger partial charge in [0.1, 0.15) is 12.6 Å². The molecule has 0 aromatic heterocycles. The molecule has 0 heterocycles. The van der Waals surface area contributed by atoms with E-state index in [1.165, 1.54) is 11.0 Å². The van der Waals surface area contributed by atoms with Crippen molar-refractivity contribution in [3.05, 3.63) is 65.7 Å². The number of hydrogen-bond donors (Lipinski definition) is 1. The topological polar surface area (TPSA) is 86.8 Å². The van der Waals surface area contributed by atoms with Crippen LogP contribution in [0, 0.1) is 0 Å². The molecule has 192 valence electrons. The van der Waals surface area contributed by atoms with E-state index in [-0.39, 0.29) is 24.6 Å². The molecule has 0 fully saturated rings. The van der Waals surface area contributed by atoms with Gasteiger partial charge in [0.05, 0.1) is 17.5 Å². The van der Waals surface area contributed by atoms with Crippen LogP contribution >= 0.6 is 0 Å². The zero-order chi connectivity index (χ0) is 26.2. The number of alkyl halides is 3. The first-order valence-corrected chi connectivity index (χ1v) is 13.0. The van der Waals surface area contributed by atoms with E-state index in [9.17, 15) is 31.2 Å². The number of carbonyl (C=O) groups is 2. The Morgan fingerprint density at radius 2 is 1.69 bits per heavy atom. The molecule has 2 aromatic carbocycles. The van der Waals surface area contributed by atoms with Crippen molar-refractivity contribution >= 4 is 27.5 Å². The molecular formula is C24H30F3N3O4S. The van der Waals surface area contributed by atoms with Crippen LogP contribution in [0.3, 0.4) is 0 Å². The normalized spacial score (nSPS) is 12.6. The van der Waals surface area contributed by atoms with Crippen molar-refractivity contribution in [2.24, 2.45) is 0 Å². The first-order valence-electron chi connectivity index (χ1n) is 11.1. The highest BCUT2D eigenvalue weighted by molar-refractivity contribution is 7.92. The zero-order valence-corrected chi connectivity index (χ0v) is 20.7. The summed E-state index contributed by atoms with van der Waals surface area (Å²) < 4.78 is 65.2. The number of sulfonamides is 1. The van der Waals surface area contributed by atoms with Crippen LogP contribution in [0.15, 0.2) is 54.6 Å². The van der Waals surface area contributed by atoms with Gasteiger partial charge in [-0.2, -0.15) is 13.2 Å². The van der Waals surface area contributed by atoms with Crippen LogP contribution in [-0.2, 0) is 32.2 Å². The Hall–Kier alpha value is -3.08. The van der Waals surface area contributed by atoms with E-state index in [1.54, 1.807) is 13.8 Å². The molecule has 0 bridgehead atoms. The third kappa shape index (κ3) is 7.98. The van der Waals surface area contributed by atoms with Gasteiger partial charge in [0.15, 0.2) is 0 Å². The predicted molar refractivity (Wildman–Crippen MR) is 128 cm³/mol. The molecule has 0 aliphatic rings. The van der Waals surface area contributed by atoms with Crippen molar-refractivity contribution in [2.45, 2.75) is 38.9 Å². The molecule has 0 aliphatic heterocycles. The predicted octanol–water partition coefficient (Wildman–Crippen LogP) is 3.46. The number of halogens is 3. The van der Waals surface area contributed by atoms with Gasteiger partial charge in [-0.05, 0) is 43.5 Å². The van der Waals surface area contributed by atoms with Crippen LogP contribution in [0.5, 0.6) is 0 Å². The Morgan fingerprint density at radius 1 is 1.03 bits per heavy atom. The van der Waals surface area contributed by atoms with Crippen molar-refractivity contribution in [1.29, 1.82) is 0 Å². The molecule has 7 nitrogen and oxygen atoms in total. The first-order chi connectivity index (χ1) is 16.4. The molecule has 0 spiro atoms. The molecule has 11 heteroatoms. The van der Waals surface area contributed by atoms with Gasteiger partial charge in [0.2, 0.25) is 21.8 Å². The van der Waals surface area contributed by atoms with Gasteiger partial charge < -0.3 is 10.2 Å². The molecule has 0 saturated heterocycles. The lowest BCUT2D eigenvalue weighted by Crippen LogP contribution is -2.53. The fourth-order valence-corrected chi connectivity index (χ4v) is 4.48. The number of likely N-dealkylation sites (N-methyl/N-ethyl adjacent to an activating group) is 1. The Kier molecular flexibility index (Phi) is 9.70. The Morgan fingerprint density at radius 3 is 2.23 bits per heavy atom. The number of rotatable bonds is 11. The second-order valence-corrected chi connectivity index (χ2v) is 9.87. The van der Waals surface area contributed by atoms with Crippen LogP contribution in [0.2, 0.25) is 0 Å². The minimum Gasteiger partial charge on any atom is -0.355 e. The SMILES string of the molecule is CCNC(=O)C(CC)N(CCc1ccccc1)C(=O)CN(c1cccc(C(F)(F)F)c1)S(C)(=O)=O. The summed E-state index contributed by atoms with van der Waals surface area (Å²) in [7, 11) is -4.12. The van der Waals surface area contributed by atoms with Crippen molar-refractivity contribution in [3.63, 3.8) is 0 Å². The van der Waals surface area contributed by atoms with E-state index in [4.69, 9.17) is 0 Å². The number of amides is 2. The van der Waals surface area contributed by atoms with Crippen molar-refractivity contribution in [1.82, 2.24) is 10.2 Å². The molecule has 2 amide bonds. The highest BCUT2D eigenvalue weighted by atomic mass is 32.2. The summed E-state index contributed by atoms with van der Waals surface area (Å²) in [6.07, 6.45) is -3.19.